The van der Waals surface area contributed by atoms with Crippen LogP contribution < -0.4 is 5.32 Å². The minimum Gasteiger partial charge on any atom is -0.346 e. The second-order valence-electron chi connectivity index (χ2n) is 8.76. The van der Waals surface area contributed by atoms with Gasteiger partial charge in [0.05, 0.1) is 11.4 Å². The molecule has 4 rings (SSSR count). The monoisotopic (exact) mass is 538 g/mol. The molecule has 2 heterocycles. The predicted molar refractivity (Wildman–Crippen MR) is 133 cm³/mol. The van der Waals surface area contributed by atoms with Crippen molar-refractivity contribution in [2.75, 3.05) is 13.1 Å². The van der Waals surface area contributed by atoms with Crippen LogP contribution in [0, 0.1) is 5.82 Å². The summed E-state index contributed by atoms with van der Waals surface area (Å²) in [6, 6.07) is 9.60. The number of rotatable bonds is 7. The van der Waals surface area contributed by atoms with Gasteiger partial charge in [-0.1, -0.05) is 35.3 Å². The van der Waals surface area contributed by atoms with Gasteiger partial charge >= 0.3 is 0 Å². The Morgan fingerprint density at radius 3 is 2.43 bits per heavy atom. The van der Waals surface area contributed by atoms with E-state index in [4.69, 9.17) is 23.2 Å². The maximum Gasteiger partial charge on any atom is 0.248 e. The van der Waals surface area contributed by atoms with Gasteiger partial charge in [-0.15, -0.1) is 0 Å². The van der Waals surface area contributed by atoms with Gasteiger partial charge in [-0.25, -0.2) is 8.70 Å². The summed E-state index contributed by atoms with van der Waals surface area (Å²) in [7, 11) is 0. The molecule has 2 saturated heterocycles. The van der Waals surface area contributed by atoms with Crippen LogP contribution in [0.25, 0.3) is 0 Å². The van der Waals surface area contributed by atoms with Gasteiger partial charge in [0.25, 0.3) is 0 Å². The Morgan fingerprint density at radius 2 is 1.77 bits per heavy atom. The highest BCUT2D eigenvalue weighted by Crippen LogP contribution is 2.36. The predicted octanol–water partition coefficient (Wildman–Crippen LogP) is 3.59. The minimum atomic E-state index is -0.885. The molecule has 2 aromatic carbocycles. The highest BCUT2D eigenvalue weighted by Gasteiger charge is 2.51. The van der Waals surface area contributed by atoms with Crippen LogP contribution in [0.4, 0.5) is 4.39 Å². The lowest BCUT2D eigenvalue weighted by Gasteiger charge is -2.54. The smallest absolute Gasteiger partial charge is 0.248 e. The van der Waals surface area contributed by atoms with Crippen LogP contribution >= 0.6 is 35.1 Å². The van der Waals surface area contributed by atoms with E-state index in [1.165, 1.54) is 23.1 Å². The summed E-state index contributed by atoms with van der Waals surface area (Å²) in [5.41, 5.74) is 0.843. The van der Waals surface area contributed by atoms with E-state index in [0.717, 1.165) is 17.5 Å². The van der Waals surface area contributed by atoms with Crippen LogP contribution in [0.2, 0.25) is 10.0 Å². The molecular formula is C24H25Cl2FN4O3S. The van der Waals surface area contributed by atoms with Crippen LogP contribution in [-0.4, -0.2) is 69.7 Å². The van der Waals surface area contributed by atoms with E-state index < -0.39 is 24.1 Å². The lowest BCUT2D eigenvalue weighted by molar-refractivity contribution is -0.168. The Morgan fingerprint density at radius 1 is 1.09 bits per heavy atom. The Hall–Kier alpha value is -2.33. The molecule has 3 amide bonds. The third-order valence-corrected chi connectivity index (χ3v) is 7.80. The van der Waals surface area contributed by atoms with E-state index in [2.05, 4.69) is 5.32 Å². The second kappa shape index (κ2) is 10.7. The van der Waals surface area contributed by atoms with Gasteiger partial charge in [0, 0.05) is 29.1 Å². The molecule has 186 valence electrons. The van der Waals surface area contributed by atoms with Crippen LogP contribution in [0.15, 0.2) is 47.4 Å². The van der Waals surface area contributed by atoms with Crippen molar-refractivity contribution in [1.82, 2.24) is 19.4 Å². The number of fused-ring (bicyclic) bond motifs is 1. The second-order valence-corrected chi connectivity index (χ2v) is 10.7. The molecule has 0 saturated carbocycles. The normalized spacial score (nSPS) is 23.0. The number of piperazine rings is 1. The molecule has 0 bridgehead atoms. The first kappa shape index (κ1) is 25.8. The number of nitrogens with zero attached hydrogens (tertiary/aromatic N) is 3. The average molecular weight is 539 g/mol. The fraction of sp³-hybridized carbons (Fsp3) is 0.375. The van der Waals surface area contributed by atoms with Crippen molar-refractivity contribution < 1.29 is 18.8 Å². The van der Waals surface area contributed by atoms with Crippen LogP contribution in [0.5, 0.6) is 0 Å². The number of amides is 3. The summed E-state index contributed by atoms with van der Waals surface area (Å²) in [5.74, 6) is -0.973. The molecule has 35 heavy (non-hydrogen) atoms. The van der Waals surface area contributed by atoms with Crippen LogP contribution in [0.1, 0.15) is 19.4 Å². The Labute approximate surface area is 217 Å². The molecule has 0 aromatic heterocycles. The molecule has 7 nitrogen and oxygen atoms in total. The van der Waals surface area contributed by atoms with Gasteiger partial charge in [0.1, 0.15) is 24.1 Å². The summed E-state index contributed by atoms with van der Waals surface area (Å²) in [6.45, 7) is 4.23. The molecule has 3 unspecified atom stereocenters. The van der Waals surface area contributed by atoms with Crippen LogP contribution in [-0.2, 0) is 20.8 Å². The lowest BCUT2D eigenvalue weighted by Crippen LogP contribution is -2.74. The first-order valence-electron chi connectivity index (χ1n) is 11.2. The molecule has 0 aliphatic carbocycles. The summed E-state index contributed by atoms with van der Waals surface area (Å²) in [6.07, 6.45) is 0.207. The molecule has 3 atom stereocenters. The van der Waals surface area contributed by atoms with E-state index in [1.807, 2.05) is 30.3 Å². The van der Waals surface area contributed by atoms with E-state index in [9.17, 15) is 18.8 Å². The number of nitrogens with one attached hydrogen (secondary N) is 1. The molecule has 2 aromatic rings. The van der Waals surface area contributed by atoms with Crippen molar-refractivity contribution in [3.63, 3.8) is 0 Å². The summed E-state index contributed by atoms with van der Waals surface area (Å²) in [4.78, 5) is 42.0. The van der Waals surface area contributed by atoms with Crippen molar-refractivity contribution in [2.45, 2.75) is 49.5 Å². The number of carbonyl (C=O) groups is 3. The molecule has 11 heteroatoms. The van der Waals surface area contributed by atoms with E-state index in [-0.39, 0.29) is 37.4 Å². The average Bonchev–Trinajstić information content (AvgIpc) is 2.81. The molecule has 0 radical (unpaired) electrons. The van der Waals surface area contributed by atoms with E-state index >= 15 is 0 Å². The Balaban J connectivity index is 1.74. The van der Waals surface area contributed by atoms with Crippen molar-refractivity contribution in [2.24, 2.45) is 0 Å². The van der Waals surface area contributed by atoms with E-state index in [0.29, 0.717) is 21.4 Å². The molecule has 0 spiro atoms. The zero-order valence-corrected chi connectivity index (χ0v) is 21.5. The number of hydrogen-bond acceptors (Lipinski definition) is 5. The number of benzene rings is 2. The largest absolute Gasteiger partial charge is 0.346 e. The van der Waals surface area contributed by atoms with Gasteiger partial charge < -0.3 is 15.1 Å². The summed E-state index contributed by atoms with van der Waals surface area (Å²) in [5, 5.41) is 3.51. The first-order chi connectivity index (χ1) is 16.7. The molecule has 1 N–H and O–H groups in total. The molecular weight excluding hydrogens is 514 g/mol. The third kappa shape index (κ3) is 5.43. The number of carbonyl (C=O) groups excluding carboxylic acids is 3. The first-order valence-corrected chi connectivity index (χ1v) is 12.7. The fourth-order valence-electron chi connectivity index (χ4n) is 4.43. The maximum absolute atomic E-state index is 14.6. The fourth-order valence-corrected chi connectivity index (χ4v) is 5.90. The number of hydrogen-bond donors (Lipinski definition) is 1. The van der Waals surface area contributed by atoms with Crippen molar-refractivity contribution in [3.05, 3.63) is 63.9 Å². The summed E-state index contributed by atoms with van der Waals surface area (Å²) >= 11 is 13.2. The van der Waals surface area contributed by atoms with Crippen molar-refractivity contribution in [3.8, 4) is 0 Å². The maximum atomic E-state index is 14.6. The molecule has 2 aliphatic heterocycles. The SMILES string of the molecule is CC(C)N1CC2N(Sc3cc(Cl)ccc3F)CC(NC=O)C(=O)N2C(Cc2ccc(Cl)cc2)C1=O. The molecule has 2 aliphatic rings. The number of halogens is 3. The summed E-state index contributed by atoms with van der Waals surface area (Å²) < 4.78 is 16.4. The highest BCUT2D eigenvalue weighted by atomic mass is 35.5. The zero-order valence-electron chi connectivity index (χ0n) is 19.2. The minimum absolute atomic E-state index is 0.104. The van der Waals surface area contributed by atoms with Gasteiger partial charge in [0.15, 0.2) is 0 Å². The van der Waals surface area contributed by atoms with Crippen molar-refractivity contribution >= 4 is 53.4 Å². The molecule has 2 fully saturated rings. The van der Waals surface area contributed by atoms with Gasteiger partial charge in [-0.3, -0.25) is 14.4 Å². The topological polar surface area (TPSA) is 73.0 Å². The van der Waals surface area contributed by atoms with Crippen molar-refractivity contribution in [1.29, 1.82) is 0 Å². The lowest BCUT2D eigenvalue weighted by atomic mass is 9.96. The third-order valence-electron chi connectivity index (χ3n) is 6.18. The van der Waals surface area contributed by atoms with Crippen LogP contribution in [0.3, 0.4) is 0 Å². The zero-order chi connectivity index (χ0) is 25.3. The Kier molecular flexibility index (Phi) is 7.90. The van der Waals surface area contributed by atoms with Gasteiger partial charge in [-0.2, -0.15) is 0 Å². The van der Waals surface area contributed by atoms with Gasteiger partial charge in [0.2, 0.25) is 18.2 Å². The Bertz CT molecular complexity index is 1120. The van der Waals surface area contributed by atoms with Gasteiger partial charge in [-0.05, 0) is 61.7 Å². The highest BCUT2D eigenvalue weighted by molar-refractivity contribution is 7.97. The standard InChI is InChI=1S/C24H25Cl2FN4O3S/c1-14(2)29-12-22-30(35-21-10-17(26)7-8-18(21)27)11-19(28-13-32)23(33)31(22)20(24(29)34)9-15-3-5-16(25)6-4-15/h3-8,10,13-14,19-20,22H,9,11-12H2,1-2H3,(H,28,32). The quantitative estimate of drug-likeness (QED) is 0.430. The van der Waals surface area contributed by atoms with E-state index in [1.54, 1.807) is 17.0 Å².